The molecule has 0 N–H and O–H groups in total. The summed E-state index contributed by atoms with van der Waals surface area (Å²) in [6, 6.07) is 19.5. The summed E-state index contributed by atoms with van der Waals surface area (Å²) in [6.07, 6.45) is 0. The van der Waals surface area contributed by atoms with E-state index < -0.39 is 0 Å². The van der Waals surface area contributed by atoms with Crippen LogP contribution in [0.1, 0.15) is 0 Å². The Bertz CT molecular complexity index is 426. The largest absolute Gasteiger partial charge is 0.457 e. The zero-order valence-electron chi connectivity index (χ0n) is 10.3. The van der Waals surface area contributed by atoms with Crippen LogP contribution in [0.3, 0.4) is 0 Å². The molecule has 0 saturated carbocycles. The maximum absolute atomic E-state index is 7.50. The van der Waals surface area contributed by atoms with Crippen LogP contribution in [0.25, 0.3) is 0 Å². The first-order valence-corrected chi connectivity index (χ1v) is 4.84. The molecule has 0 aliphatic carbocycles. The molecule has 0 fully saturated rings. The molecule has 0 aliphatic rings. The number of rotatable bonds is 2. The van der Waals surface area contributed by atoms with Crippen LogP contribution < -0.4 is 4.74 Å². The quantitative estimate of drug-likeness (QED) is 0.619. The van der Waals surface area contributed by atoms with Crippen molar-refractivity contribution in [2.45, 2.75) is 0 Å². The number of ether oxygens (including phenoxy) is 1. The van der Waals surface area contributed by atoms with Gasteiger partial charge in [-0.1, -0.05) is 36.4 Å². The molecule has 4 nitrogen and oxygen atoms in total. The second kappa shape index (κ2) is 19.3. The average molecular weight is 306 g/mol. The molecular weight excluding hydrogens is 296 g/mol. The van der Waals surface area contributed by atoms with E-state index in [9.17, 15) is 0 Å². The van der Waals surface area contributed by atoms with Gasteiger partial charge in [0.1, 0.15) is 11.5 Å². The average Bonchev–Trinajstić information content (AvgIpc) is 2.55. The summed E-state index contributed by atoms with van der Waals surface area (Å²) >= 11 is 0. The third-order valence-corrected chi connectivity index (χ3v) is 1.72. The normalized spacial score (nSPS) is 6.50. The minimum atomic E-state index is 0. The topological polar surface area (TPSA) is 68.9 Å². The molecule has 2 aromatic carbocycles. The first kappa shape index (κ1) is 23.1. The Morgan fingerprint density at radius 1 is 0.550 bits per heavy atom. The molecule has 0 spiro atoms. The van der Waals surface area contributed by atoms with Gasteiger partial charge in [-0.15, -0.1) is 0 Å². The van der Waals surface area contributed by atoms with Gasteiger partial charge in [-0.2, -0.15) is 0 Å². The van der Waals surface area contributed by atoms with Crippen molar-refractivity contribution in [1.82, 2.24) is 0 Å². The van der Waals surface area contributed by atoms with Gasteiger partial charge in [-0.25, -0.2) is 0 Å². The second-order valence-electron chi connectivity index (χ2n) is 2.73. The molecule has 0 unspecified atom stereocenters. The number of hydrogen-bond donors (Lipinski definition) is 0. The van der Waals surface area contributed by atoms with E-state index in [2.05, 4.69) is 20.0 Å². The molecule has 0 radical (unpaired) electrons. The van der Waals surface area contributed by atoms with Gasteiger partial charge in [-0.3, -0.25) is 0 Å². The van der Waals surface area contributed by atoms with Crippen LogP contribution in [-0.4, -0.2) is 0 Å². The fourth-order valence-electron chi connectivity index (χ4n) is 1.11. The molecule has 0 saturated heterocycles. The standard InChI is InChI=1S/C12H10O.3CO.Cr/c1-3-7-11(8-4-1)13-12-9-5-2-6-10-12;3*1-2;/h1-10H;;;;. The molecule has 0 amide bonds. The van der Waals surface area contributed by atoms with Crippen LogP contribution in [0.15, 0.2) is 60.7 Å². The van der Waals surface area contributed by atoms with E-state index in [1.807, 2.05) is 60.7 Å². The molecule has 20 heavy (non-hydrogen) atoms. The molecule has 5 heteroatoms. The van der Waals surface area contributed by atoms with Gasteiger partial charge < -0.3 is 4.74 Å². The Balaban J connectivity index is -0.000000368. The molecule has 0 aromatic heterocycles. The number of benzene rings is 2. The van der Waals surface area contributed by atoms with Crippen molar-refractivity contribution in [3.63, 3.8) is 0 Å². The molecule has 0 atom stereocenters. The van der Waals surface area contributed by atoms with Crippen molar-refractivity contribution < 1.29 is 36.1 Å². The summed E-state index contributed by atoms with van der Waals surface area (Å²) in [7, 11) is 0. The molecule has 0 heterocycles. The molecule has 2 rings (SSSR count). The summed E-state index contributed by atoms with van der Waals surface area (Å²) in [5, 5.41) is 0. The van der Waals surface area contributed by atoms with Crippen LogP contribution in [0, 0.1) is 20.0 Å². The van der Waals surface area contributed by atoms with Gasteiger partial charge in [0.15, 0.2) is 0 Å². The van der Waals surface area contributed by atoms with E-state index in [4.69, 9.17) is 18.7 Å². The van der Waals surface area contributed by atoms with Crippen LogP contribution in [-0.2, 0) is 31.3 Å². The van der Waals surface area contributed by atoms with Crippen molar-refractivity contribution in [3.05, 3.63) is 80.6 Å². The van der Waals surface area contributed by atoms with E-state index in [1.54, 1.807) is 0 Å². The van der Waals surface area contributed by atoms with E-state index in [0.717, 1.165) is 11.5 Å². The summed E-state index contributed by atoms with van der Waals surface area (Å²) in [4.78, 5) is 0. The van der Waals surface area contributed by atoms with Crippen molar-refractivity contribution >= 4 is 0 Å². The maximum Gasteiger partial charge on any atom is 0.127 e. The van der Waals surface area contributed by atoms with Crippen LogP contribution in [0.2, 0.25) is 0 Å². The van der Waals surface area contributed by atoms with Crippen LogP contribution in [0.4, 0.5) is 0 Å². The van der Waals surface area contributed by atoms with Crippen molar-refractivity contribution in [1.29, 1.82) is 0 Å². The minimum absolute atomic E-state index is 0. The van der Waals surface area contributed by atoms with Crippen LogP contribution in [0.5, 0.6) is 11.5 Å². The molecule has 0 bridgehead atoms. The Labute approximate surface area is 128 Å². The predicted octanol–water partition coefficient (Wildman–Crippen LogP) is 3.36. The fraction of sp³-hybridized carbons (Fsp3) is 0. The SMILES string of the molecule is [C-]#[O+].[C-]#[O+].[C-]#[O+].[Cr].c1ccc(Oc2ccccc2)cc1. The smallest absolute Gasteiger partial charge is 0.127 e. The fourth-order valence-corrected chi connectivity index (χ4v) is 1.11. The second-order valence-corrected chi connectivity index (χ2v) is 2.73. The number of para-hydroxylation sites is 2. The van der Waals surface area contributed by atoms with Crippen molar-refractivity contribution in [3.8, 4) is 11.5 Å². The van der Waals surface area contributed by atoms with E-state index in [-0.39, 0.29) is 17.4 Å². The van der Waals surface area contributed by atoms with E-state index in [0.29, 0.717) is 0 Å². The third-order valence-electron chi connectivity index (χ3n) is 1.72. The predicted molar refractivity (Wildman–Crippen MR) is 64.7 cm³/mol. The zero-order valence-corrected chi connectivity index (χ0v) is 11.6. The molecule has 0 aliphatic heterocycles. The van der Waals surface area contributed by atoms with Crippen molar-refractivity contribution in [2.75, 3.05) is 0 Å². The van der Waals surface area contributed by atoms with Crippen molar-refractivity contribution in [2.24, 2.45) is 0 Å². The van der Waals surface area contributed by atoms with Gasteiger partial charge in [-0.05, 0) is 24.3 Å². The first-order valence-electron chi connectivity index (χ1n) is 4.84. The zero-order chi connectivity index (χ0) is 14.9. The molecule has 100 valence electrons. The Morgan fingerprint density at radius 3 is 1.05 bits per heavy atom. The summed E-state index contributed by atoms with van der Waals surface area (Å²) in [5.41, 5.74) is 0. The van der Waals surface area contributed by atoms with Gasteiger partial charge in [0, 0.05) is 17.4 Å². The van der Waals surface area contributed by atoms with E-state index in [1.165, 1.54) is 0 Å². The summed E-state index contributed by atoms with van der Waals surface area (Å²) in [6.45, 7) is 13.5. The Hall–Kier alpha value is -2.01. The Kier molecular flexibility index (Phi) is 22.3. The van der Waals surface area contributed by atoms with Gasteiger partial charge in [0.25, 0.3) is 0 Å². The Morgan fingerprint density at radius 2 is 0.800 bits per heavy atom. The maximum atomic E-state index is 7.50. The third kappa shape index (κ3) is 11.1. The molecule has 2 aromatic rings. The number of hydrogen-bond acceptors (Lipinski definition) is 1. The monoisotopic (exact) mass is 306 g/mol. The minimum Gasteiger partial charge on any atom is -0.457 e. The van der Waals surface area contributed by atoms with Gasteiger partial charge in [0.05, 0.1) is 0 Å². The summed E-state index contributed by atoms with van der Waals surface area (Å²) < 4.78 is 28.1. The van der Waals surface area contributed by atoms with Crippen LogP contribution >= 0.6 is 0 Å². The van der Waals surface area contributed by atoms with Gasteiger partial charge >= 0.3 is 33.9 Å². The van der Waals surface area contributed by atoms with E-state index >= 15 is 0 Å². The summed E-state index contributed by atoms with van der Waals surface area (Å²) in [5.74, 6) is 1.74. The first-order chi connectivity index (χ1) is 9.45. The molecular formula is C15H10CrO4. The van der Waals surface area contributed by atoms with Gasteiger partial charge in [0.2, 0.25) is 0 Å².